The van der Waals surface area contributed by atoms with Gasteiger partial charge in [0.25, 0.3) is 0 Å². The maximum Gasteiger partial charge on any atom is 0.312 e. The number of carbonyl (C=O) groups is 4. The first-order valence-corrected chi connectivity index (χ1v) is 21.2. The van der Waals surface area contributed by atoms with Crippen molar-refractivity contribution in [3.63, 3.8) is 0 Å². The van der Waals surface area contributed by atoms with Crippen molar-refractivity contribution in [1.82, 2.24) is 36.2 Å². The number of aryl methyl sites for hydroxylation is 2. The van der Waals surface area contributed by atoms with Crippen LogP contribution >= 0.6 is 0 Å². The third-order valence-corrected chi connectivity index (χ3v) is 10.6. The third kappa shape index (κ3) is 13.3. The van der Waals surface area contributed by atoms with Gasteiger partial charge in [-0.15, -0.1) is 6.58 Å². The number of H-pyrrole nitrogens is 1. The second-order valence-electron chi connectivity index (χ2n) is 15.8. The largest absolute Gasteiger partial charge is 0.491 e. The Labute approximate surface area is 362 Å². The number of fused-ring (bicyclic) bond motifs is 4. The number of nitrogens with two attached hydrogens (primary N) is 1. The maximum atomic E-state index is 13.9. The number of hydrogen-bond donors (Lipinski definition) is 6. The van der Waals surface area contributed by atoms with Crippen molar-refractivity contribution in [2.24, 2.45) is 22.0 Å². The predicted molar refractivity (Wildman–Crippen MR) is 237 cm³/mol. The lowest BCUT2D eigenvalue weighted by Gasteiger charge is -2.27. The fraction of sp³-hybridized carbons (Fsp3) is 0.523. The molecule has 3 heterocycles. The highest BCUT2D eigenvalue weighted by Gasteiger charge is 2.30. The summed E-state index contributed by atoms with van der Waals surface area (Å²) in [5.74, 6) is -1.19. The highest BCUT2D eigenvalue weighted by atomic mass is 16.5. The first kappa shape index (κ1) is 47.2. The quantitative estimate of drug-likeness (QED) is 0.0390. The third-order valence-electron chi connectivity index (χ3n) is 10.6. The van der Waals surface area contributed by atoms with Crippen LogP contribution in [0.4, 0.5) is 4.79 Å². The fourth-order valence-electron chi connectivity index (χ4n) is 7.34. The Bertz CT molecular complexity index is 2190. The van der Waals surface area contributed by atoms with Gasteiger partial charge in [-0.1, -0.05) is 25.1 Å². The number of urea groups is 1. The molecule has 62 heavy (non-hydrogen) atoms. The van der Waals surface area contributed by atoms with Crippen LogP contribution in [0.3, 0.4) is 0 Å². The van der Waals surface area contributed by atoms with E-state index in [9.17, 15) is 19.2 Å². The second-order valence-corrected chi connectivity index (χ2v) is 15.8. The highest BCUT2D eigenvalue weighted by Crippen LogP contribution is 2.37. The zero-order valence-corrected chi connectivity index (χ0v) is 36.5. The number of rotatable bonds is 26. The van der Waals surface area contributed by atoms with Gasteiger partial charge in [0.1, 0.15) is 31.0 Å². The van der Waals surface area contributed by atoms with Crippen LogP contribution in [0.5, 0.6) is 5.75 Å². The Hall–Kier alpha value is -5.85. The van der Waals surface area contributed by atoms with Gasteiger partial charge in [-0.3, -0.25) is 24.4 Å². The van der Waals surface area contributed by atoms with Crippen molar-refractivity contribution in [3.05, 3.63) is 60.4 Å². The van der Waals surface area contributed by atoms with Gasteiger partial charge in [0, 0.05) is 40.6 Å². The lowest BCUT2D eigenvalue weighted by atomic mass is 9.97. The standard InChI is InChI=1S/C44H62N10O8/c1-7-9-31(25-62-32-11-12-36-34(22-32)39-29(5)35-23-46-15-13-33(35)30(6)41(39)49-36)48-42(56)37(10-8-14-47-44(45)58)50-43(57)40(27(2)3)51-38(55)26-61-21-20-60-19-18-59-17-16-54-24-28(4)52-53-54/h7,11-13,15,22-23,27-28,31,37,40,49H,1,8-10,14,16-21,24-26H2,2-6H3,(H,48,56)(H,50,57)(H,51,55)(H3,45,47,58). The minimum atomic E-state index is -1.01. The number of pyridine rings is 1. The molecule has 1 aliphatic heterocycles. The zero-order chi connectivity index (χ0) is 44.6. The van der Waals surface area contributed by atoms with Crippen LogP contribution in [0.25, 0.3) is 32.6 Å². The molecule has 0 aliphatic carbocycles. The first-order chi connectivity index (χ1) is 29.9. The Balaban J connectivity index is 1.13. The van der Waals surface area contributed by atoms with E-state index in [1.54, 1.807) is 26.1 Å². The molecular formula is C44H62N10O8. The van der Waals surface area contributed by atoms with Crippen LogP contribution in [0, 0.1) is 19.8 Å². The number of ether oxygens (including phenoxy) is 4. The van der Waals surface area contributed by atoms with Gasteiger partial charge in [-0.05, 0) is 86.7 Å². The summed E-state index contributed by atoms with van der Waals surface area (Å²) in [5, 5.41) is 25.4. The molecule has 0 radical (unpaired) electrons. The molecule has 4 unspecified atom stereocenters. The Kier molecular flexibility index (Phi) is 17.8. The van der Waals surface area contributed by atoms with E-state index < -0.39 is 41.9 Å². The van der Waals surface area contributed by atoms with E-state index in [1.807, 2.05) is 42.4 Å². The van der Waals surface area contributed by atoms with Crippen molar-refractivity contribution < 1.29 is 38.1 Å². The normalized spacial score (nSPS) is 15.2. The summed E-state index contributed by atoms with van der Waals surface area (Å²) in [6, 6.07) is 4.94. The number of nitrogens with one attached hydrogen (secondary N) is 5. The lowest BCUT2D eigenvalue weighted by Crippen LogP contribution is -2.57. The van der Waals surface area contributed by atoms with Gasteiger partial charge >= 0.3 is 6.03 Å². The monoisotopic (exact) mass is 858 g/mol. The van der Waals surface area contributed by atoms with Crippen LogP contribution in [0.1, 0.15) is 51.2 Å². The molecule has 5 rings (SSSR count). The Morgan fingerprint density at radius 2 is 1.73 bits per heavy atom. The molecule has 4 aromatic rings. The molecule has 2 aromatic carbocycles. The summed E-state index contributed by atoms with van der Waals surface area (Å²) in [6.07, 6.45) is 6.28. The molecule has 0 bridgehead atoms. The lowest BCUT2D eigenvalue weighted by molar-refractivity contribution is -0.134. The molecule has 5 amide bonds. The highest BCUT2D eigenvalue weighted by molar-refractivity contribution is 6.16. The predicted octanol–water partition coefficient (Wildman–Crippen LogP) is 4.12. The number of nitrogens with zero attached hydrogens (tertiary/aromatic N) is 4. The van der Waals surface area contributed by atoms with E-state index in [2.05, 4.69) is 62.0 Å². The summed E-state index contributed by atoms with van der Waals surface area (Å²) in [5.41, 5.74) is 9.53. The summed E-state index contributed by atoms with van der Waals surface area (Å²) in [7, 11) is 0. The molecule has 1 aliphatic rings. The van der Waals surface area contributed by atoms with Gasteiger partial charge in [0.05, 0.1) is 63.7 Å². The average molecular weight is 859 g/mol. The molecular weight excluding hydrogens is 797 g/mol. The number of benzene rings is 2. The number of amides is 5. The molecule has 0 spiro atoms. The average Bonchev–Trinajstić information content (AvgIpc) is 3.85. The van der Waals surface area contributed by atoms with Crippen molar-refractivity contribution in [3.8, 4) is 5.75 Å². The molecule has 4 atom stereocenters. The van der Waals surface area contributed by atoms with E-state index >= 15 is 0 Å². The van der Waals surface area contributed by atoms with E-state index in [4.69, 9.17) is 24.7 Å². The molecule has 7 N–H and O–H groups in total. The molecule has 0 saturated heterocycles. The number of primary amides is 1. The second kappa shape index (κ2) is 23.4. The van der Waals surface area contributed by atoms with Gasteiger partial charge in [-0.25, -0.2) is 4.79 Å². The number of aromatic nitrogens is 2. The number of carbonyl (C=O) groups excluding carboxylic acids is 4. The Morgan fingerprint density at radius 1 is 0.968 bits per heavy atom. The molecule has 2 aromatic heterocycles. The van der Waals surface area contributed by atoms with Crippen molar-refractivity contribution in [2.45, 2.75) is 78.0 Å². The molecule has 0 fully saturated rings. The molecule has 18 nitrogen and oxygen atoms in total. The van der Waals surface area contributed by atoms with Gasteiger partial charge in [0.2, 0.25) is 17.7 Å². The zero-order valence-electron chi connectivity index (χ0n) is 36.5. The minimum Gasteiger partial charge on any atom is -0.491 e. The van der Waals surface area contributed by atoms with E-state index in [0.717, 1.165) is 50.2 Å². The summed E-state index contributed by atoms with van der Waals surface area (Å²) in [6.45, 7) is 16.9. The van der Waals surface area contributed by atoms with Gasteiger partial charge in [0.15, 0.2) is 0 Å². The molecule has 336 valence electrons. The first-order valence-electron chi connectivity index (χ1n) is 21.2. The van der Waals surface area contributed by atoms with E-state index in [0.29, 0.717) is 45.0 Å². The fourth-order valence-corrected chi connectivity index (χ4v) is 7.34. The topological polar surface area (TPSA) is 236 Å². The van der Waals surface area contributed by atoms with Crippen LogP contribution in [-0.4, -0.2) is 129 Å². The number of aromatic amines is 1. The van der Waals surface area contributed by atoms with Crippen LogP contribution in [0.15, 0.2) is 59.7 Å². The summed E-state index contributed by atoms with van der Waals surface area (Å²) >= 11 is 0. The SMILES string of the molecule is C=CCC(COc1ccc2[nH]c3c(C)c4ccncc4c(C)c3c2c1)NC(=O)C(CCCNC(N)=O)NC(=O)C(NC(=O)COCCOCCOCCN1CC(C)N=N1)C(C)C. The summed E-state index contributed by atoms with van der Waals surface area (Å²) < 4.78 is 22.8. The Morgan fingerprint density at radius 3 is 2.44 bits per heavy atom. The van der Waals surface area contributed by atoms with Crippen LogP contribution in [0.2, 0.25) is 0 Å². The van der Waals surface area contributed by atoms with Crippen LogP contribution < -0.4 is 31.7 Å². The van der Waals surface area contributed by atoms with Crippen molar-refractivity contribution >= 4 is 56.3 Å². The van der Waals surface area contributed by atoms with E-state index in [-0.39, 0.29) is 51.4 Å². The van der Waals surface area contributed by atoms with Gasteiger partial charge in [-0.2, -0.15) is 5.11 Å². The molecule has 18 heteroatoms. The van der Waals surface area contributed by atoms with Gasteiger partial charge < -0.3 is 50.9 Å². The van der Waals surface area contributed by atoms with Crippen molar-refractivity contribution in [1.29, 1.82) is 0 Å². The maximum absolute atomic E-state index is 13.9. The smallest absolute Gasteiger partial charge is 0.312 e. The summed E-state index contributed by atoms with van der Waals surface area (Å²) in [4.78, 5) is 59.7. The van der Waals surface area contributed by atoms with E-state index in [1.165, 1.54) is 0 Å². The molecule has 0 saturated carbocycles. The number of hydrogen-bond acceptors (Lipinski definition) is 12. The van der Waals surface area contributed by atoms with Crippen molar-refractivity contribution in [2.75, 3.05) is 65.9 Å². The van der Waals surface area contributed by atoms with Crippen LogP contribution in [-0.2, 0) is 28.6 Å². The minimum absolute atomic E-state index is 0.121.